The summed E-state index contributed by atoms with van der Waals surface area (Å²) in [6.07, 6.45) is 11.2. The van der Waals surface area contributed by atoms with Gasteiger partial charge in [-0.2, -0.15) is 0 Å². The summed E-state index contributed by atoms with van der Waals surface area (Å²) in [5.41, 5.74) is 6.02. The van der Waals surface area contributed by atoms with Gasteiger partial charge in [0.15, 0.2) is 0 Å². The first kappa shape index (κ1) is 13.8. The number of hydrogen-bond donors (Lipinski definition) is 1. The Bertz CT molecular complexity index is 294. The average molecular weight is 265 g/mol. The van der Waals surface area contributed by atoms with Crippen LogP contribution in [0, 0.1) is 5.92 Å². The van der Waals surface area contributed by atoms with Gasteiger partial charge in [-0.3, -0.25) is 9.80 Å². The Balaban J connectivity index is 1.67. The number of piperidine rings is 1. The van der Waals surface area contributed by atoms with Gasteiger partial charge in [0, 0.05) is 24.7 Å². The lowest BCUT2D eigenvalue weighted by molar-refractivity contribution is 0.0601. The van der Waals surface area contributed by atoms with E-state index in [9.17, 15) is 0 Å². The molecule has 0 bridgehead atoms. The number of nitrogens with two attached hydrogens (primary N) is 1. The van der Waals surface area contributed by atoms with Crippen molar-refractivity contribution >= 4 is 0 Å². The van der Waals surface area contributed by atoms with Crippen LogP contribution in [0.15, 0.2) is 0 Å². The molecule has 2 N–H and O–H groups in total. The topological polar surface area (TPSA) is 32.5 Å². The van der Waals surface area contributed by atoms with E-state index in [2.05, 4.69) is 16.8 Å². The lowest BCUT2D eigenvalue weighted by atomic mass is 9.82. The quantitative estimate of drug-likeness (QED) is 0.848. The molecule has 2 saturated heterocycles. The normalized spacial score (nSPS) is 40.6. The largest absolute Gasteiger partial charge is 0.330 e. The molecule has 2 aliphatic heterocycles. The minimum atomic E-state index is 0.747. The maximum Gasteiger partial charge on any atom is 0.0263 e. The molecule has 3 fully saturated rings. The SMILES string of the molecule is CN(C1CCCCC1CN)C1CCN2CCCCC12. The lowest BCUT2D eigenvalue weighted by Gasteiger charge is -2.44. The summed E-state index contributed by atoms with van der Waals surface area (Å²) in [5, 5.41) is 0. The van der Waals surface area contributed by atoms with Gasteiger partial charge >= 0.3 is 0 Å². The average Bonchev–Trinajstić information content (AvgIpc) is 2.90. The Morgan fingerprint density at radius 1 is 0.947 bits per heavy atom. The van der Waals surface area contributed by atoms with Crippen molar-refractivity contribution in [3.8, 4) is 0 Å². The molecular weight excluding hydrogens is 234 g/mol. The third-order valence-corrected chi connectivity index (χ3v) is 6.04. The van der Waals surface area contributed by atoms with Gasteiger partial charge in [0.1, 0.15) is 0 Å². The highest BCUT2D eigenvalue weighted by Gasteiger charge is 2.41. The van der Waals surface area contributed by atoms with Gasteiger partial charge < -0.3 is 5.73 Å². The fourth-order valence-electron chi connectivity index (χ4n) is 4.94. The molecule has 1 aliphatic carbocycles. The van der Waals surface area contributed by atoms with E-state index >= 15 is 0 Å². The molecule has 0 aromatic rings. The number of hydrogen-bond acceptors (Lipinski definition) is 3. The molecule has 2 heterocycles. The third-order valence-electron chi connectivity index (χ3n) is 6.04. The number of nitrogens with zero attached hydrogens (tertiary/aromatic N) is 2. The second-order valence-electron chi connectivity index (χ2n) is 6.97. The maximum atomic E-state index is 6.02. The smallest absolute Gasteiger partial charge is 0.0263 e. The van der Waals surface area contributed by atoms with Crippen LogP contribution in [-0.2, 0) is 0 Å². The van der Waals surface area contributed by atoms with E-state index in [0.29, 0.717) is 0 Å². The molecule has 110 valence electrons. The van der Waals surface area contributed by atoms with Gasteiger partial charge in [-0.1, -0.05) is 19.3 Å². The van der Waals surface area contributed by atoms with E-state index in [1.54, 1.807) is 0 Å². The summed E-state index contributed by atoms with van der Waals surface area (Å²) in [6, 6.07) is 2.40. The molecular formula is C16H31N3. The van der Waals surface area contributed by atoms with Crippen LogP contribution in [0.5, 0.6) is 0 Å². The molecule has 1 saturated carbocycles. The molecule has 0 aromatic carbocycles. The molecule has 0 radical (unpaired) electrons. The zero-order valence-corrected chi connectivity index (χ0v) is 12.6. The molecule has 3 rings (SSSR count). The van der Waals surface area contributed by atoms with E-state index in [4.69, 9.17) is 5.73 Å². The Labute approximate surface area is 118 Å². The van der Waals surface area contributed by atoms with Crippen molar-refractivity contribution in [1.29, 1.82) is 0 Å². The molecule has 0 amide bonds. The van der Waals surface area contributed by atoms with Gasteiger partial charge in [-0.15, -0.1) is 0 Å². The van der Waals surface area contributed by atoms with Crippen LogP contribution in [0.25, 0.3) is 0 Å². The summed E-state index contributed by atoms with van der Waals surface area (Å²) in [6.45, 7) is 3.57. The summed E-state index contributed by atoms with van der Waals surface area (Å²) >= 11 is 0. The number of fused-ring (bicyclic) bond motifs is 1. The second kappa shape index (κ2) is 6.11. The van der Waals surface area contributed by atoms with Crippen LogP contribution in [0.4, 0.5) is 0 Å². The van der Waals surface area contributed by atoms with Crippen molar-refractivity contribution in [2.75, 3.05) is 26.7 Å². The van der Waals surface area contributed by atoms with Crippen LogP contribution in [0.1, 0.15) is 51.4 Å². The Morgan fingerprint density at radius 2 is 1.74 bits per heavy atom. The first-order valence-corrected chi connectivity index (χ1v) is 8.47. The van der Waals surface area contributed by atoms with Crippen molar-refractivity contribution < 1.29 is 0 Å². The van der Waals surface area contributed by atoms with E-state index in [1.165, 1.54) is 64.5 Å². The maximum absolute atomic E-state index is 6.02. The summed E-state index contributed by atoms with van der Waals surface area (Å²) in [4.78, 5) is 5.50. The van der Waals surface area contributed by atoms with Crippen LogP contribution in [-0.4, -0.2) is 54.6 Å². The van der Waals surface area contributed by atoms with Crippen molar-refractivity contribution in [3.05, 3.63) is 0 Å². The van der Waals surface area contributed by atoms with Crippen molar-refractivity contribution in [2.45, 2.75) is 69.5 Å². The van der Waals surface area contributed by atoms with Crippen LogP contribution in [0.2, 0.25) is 0 Å². The Hall–Kier alpha value is -0.120. The summed E-state index contributed by atoms with van der Waals surface area (Å²) in [7, 11) is 2.39. The van der Waals surface area contributed by atoms with Crippen molar-refractivity contribution in [1.82, 2.24) is 9.80 Å². The molecule has 3 aliphatic rings. The zero-order chi connectivity index (χ0) is 13.2. The second-order valence-corrected chi connectivity index (χ2v) is 6.97. The highest BCUT2D eigenvalue weighted by molar-refractivity contribution is 4.97. The molecule has 19 heavy (non-hydrogen) atoms. The summed E-state index contributed by atoms with van der Waals surface area (Å²) in [5.74, 6) is 0.747. The molecule has 3 heteroatoms. The molecule has 3 nitrogen and oxygen atoms in total. The monoisotopic (exact) mass is 265 g/mol. The third kappa shape index (κ3) is 2.70. The highest BCUT2D eigenvalue weighted by atomic mass is 15.3. The van der Waals surface area contributed by atoms with Crippen molar-refractivity contribution in [2.24, 2.45) is 11.7 Å². The fraction of sp³-hybridized carbons (Fsp3) is 1.00. The van der Waals surface area contributed by atoms with E-state index < -0.39 is 0 Å². The molecule has 4 unspecified atom stereocenters. The first-order chi connectivity index (χ1) is 9.31. The van der Waals surface area contributed by atoms with Crippen LogP contribution in [0.3, 0.4) is 0 Å². The number of rotatable bonds is 3. The minimum Gasteiger partial charge on any atom is -0.330 e. The molecule has 0 spiro atoms. The Morgan fingerprint density at radius 3 is 2.58 bits per heavy atom. The predicted octanol–water partition coefficient (Wildman–Crippen LogP) is 2.06. The fourth-order valence-corrected chi connectivity index (χ4v) is 4.94. The van der Waals surface area contributed by atoms with E-state index in [1.807, 2.05) is 0 Å². The van der Waals surface area contributed by atoms with Gasteiger partial charge in [-0.05, 0) is 58.2 Å². The zero-order valence-electron chi connectivity index (χ0n) is 12.6. The van der Waals surface area contributed by atoms with Gasteiger partial charge in [0.05, 0.1) is 0 Å². The predicted molar refractivity (Wildman–Crippen MR) is 80.2 cm³/mol. The minimum absolute atomic E-state index is 0.747. The summed E-state index contributed by atoms with van der Waals surface area (Å²) < 4.78 is 0. The standard InChI is InChI=1S/C16H31N3/c1-18(14-7-3-2-6-13(14)12-17)15-9-11-19-10-5-4-8-16(15)19/h13-16H,2-12,17H2,1H3. The lowest BCUT2D eigenvalue weighted by Crippen LogP contribution is -2.52. The van der Waals surface area contributed by atoms with Gasteiger partial charge in [0.2, 0.25) is 0 Å². The van der Waals surface area contributed by atoms with Gasteiger partial charge in [-0.25, -0.2) is 0 Å². The van der Waals surface area contributed by atoms with Crippen molar-refractivity contribution in [3.63, 3.8) is 0 Å². The van der Waals surface area contributed by atoms with E-state index in [-0.39, 0.29) is 0 Å². The molecule has 0 aromatic heterocycles. The van der Waals surface area contributed by atoms with E-state index in [0.717, 1.165) is 30.6 Å². The molecule has 4 atom stereocenters. The highest BCUT2D eigenvalue weighted by Crippen LogP contribution is 2.35. The van der Waals surface area contributed by atoms with Crippen LogP contribution >= 0.6 is 0 Å². The van der Waals surface area contributed by atoms with Gasteiger partial charge in [0.25, 0.3) is 0 Å². The first-order valence-electron chi connectivity index (χ1n) is 8.47. The Kier molecular flexibility index (Phi) is 4.45. The number of likely N-dealkylation sites (N-methyl/N-ethyl adjacent to an activating group) is 1. The van der Waals surface area contributed by atoms with Crippen LogP contribution < -0.4 is 5.73 Å².